The molecular weight excluding hydrogens is 1530 g/mol. The molecule has 706 valence electrons. The van der Waals surface area contributed by atoms with Gasteiger partial charge in [0.15, 0.2) is 0 Å². The van der Waals surface area contributed by atoms with Crippen molar-refractivity contribution < 1.29 is 90.5 Å². The monoisotopic (exact) mass is 1710 g/mol. The van der Waals surface area contributed by atoms with E-state index >= 15 is 0 Å². The summed E-state index contributed by atoms with van der Waals surface area (Å²) in [4.78, 5) is 104. The molecule has 0 amide bonds. The van der Waals surface area contributed by atoms with Crippen LogP contribution >= 0.6 is 0 Å². The van der Waals surface area contributed by atoms with Gasteiger partial charge in [0.2, 0.25) is 0 Å². The Morgan fingerprint density at radius 3 is 1.12 bits per heavy atom. The lowest BCUT2D eigenvalue weighted by Crippen LogP contribution is -2.46. The third-order valence-electron chi connectivity index (χ3n) is 35.4. The molecule has 0 N–H and O–H groups in total. The number of carbonyl (C=O) groups is 9. The highest BCUT2D eigenvalue weighted by Crippen LogP contribution is 2.66. The summed E-state index contributed by atoms with van der Waals surface area (Å²) in [5, 5.41) is 0. The molecule has 121 heavy (non-hydrogen) atoms. The Bertz CT molecular complexity index is 3270. The molecule has 0 aromatic carbocycles. The maximum atomic E-state index is 13.2. The largest absolute Gasteiger partial charge is 0.511 e. The number of cyclic esters (lactones) is 4. The minimum absolute atomic E-state index is 0. The van der Waals surface area contributed by atoms with Gasteiger partial charge in [-0.1, -0.05) is 192 Å². The Balaban J connectivity index is 0.000000497. The van der Waals surface area contributed by atoms with Crippen LogP contribution in [0.5, 0.6) is 0 Å². The predicted octanol–water partition coefficient (Wildman–Crippen LogP) is 24.4. The highest BCUT2D eigenvalue weighted by molar-refractivity contribution is 5.96. The van der Waals surface area contributed by atoms with Gasteiger partial charge in [0.05, 0.1) is 72.4 Å². The molecule has 19 nitrogen and oxygen atoms in total. The summed E-state index contributed by atoms with van der Waals surface area (Å²) in [6.45, 7) is 32.2. The smallest absolute Gasteiger partial charge is 0.465 e. The van der Waals surface area contributed by atoms with Crippen LogP contribution in [0.1, 0.15) is 353 Å². The van der Waals surface area contributed by atoms with Crippen molar-refractivity contribution >= 4 is 53.9 Å². The van der Waals surface area contributed by atoms with Crippen molar-refractivity contribution in [2.75, 3.05) is 13.2 Å². The number of ether oxygens (including phenoxy) is 10. The van der Waals surface area contributed by atoms with Gasteiger partial charge in [-0.15, -0.1) is 0 Å². The second kappa shape index (κ2) is 45.4. The number of carbonyl (C=O) groups excluding carboxylic acids is 9. The van der Waals surface area contributed by atoms with Crippen LogP contribution in [0.15, 0.2) is 0 Å². The maximum Gasteiger partial charge on any atom is 0.511 e. The van der Waals surface area contributed by atoms with Crippen LogP contribution in [0.2, 0.25) is 0 Å². The first-order valence-corrected chi connectivity index (χ1v) is 44.3. The van der Waals surface area contributed by atoms with Crippen molar-refractivity contribution in [3.8, 4) is 0 Å². The molecule has 19 rings (SSSR count). The average molecular weight is 1710 g/mol. The zero-order valence-corrected chi connectivity index (χ0v) is 68.7. The maximum absolute atomic E-state index is 13.2. The minimum Gasteiger partial charge on any atom is -0.465 e. The molecule has 6 heterocycles. The van der Waals surface area contributed by atoms with Crippen LogP contribution in [0.3, 0.4) is 0 Å². The Morgan fingerprint density at radius 2 is 0.777 bits per heavy atom. The number of hydrogen-bond acceptors (Lipinski definition) is 19. The van der Waals surface area contributed by atoms with Crippen LogP contribution in [-0.2, 0) is 85.7 Å². The molecule has 6 aliphatic heterocycles. The van der Waals surface area contributed by atoms with Crippen LogP contribution < -0.4 is 0 Å². The molecule has 0 spiro atoms. The Hall–Kier alpha value is -4.65. The van der Waals surface area contributed by atoms with Gasteiger partial charge in [-0.2, -0.15) is 0 Å². The first-order chi connectivity index (χ1) is 51.9. The van der Waals surface area contributed by atoms with Crippen LogP contribution in [-0.4, -0.2) is 109 Å². The van der Waals surface area contributed by atoms with Crippen molar-refractivity contribution in [3.05, 3.63) is 0 Å². The van der Waals surface area contributed by atoms with E-state index in [1.165, 1.54) is 84.0 Å². The van der Waals surface area contributed by atoms with Gasteiger partial charge in [0.25, 0.3) is 6.29 Å². The molecule has 19 fully saturated rings. The van der Waals surface area contributed by atoms with Crippen LogP contribution in [0, 0.1) is 189 Å². The number of rotatable bonds is 14. The van der Waals surface area contributed by atoms with Crippen molar-refractivity contribution in [2.24, 2.45) is 189 Å². The van der Waals surface area contributed by atoms with E-state index in [0.717, 1.165) is 143 Å². The predicted molar refractivity (Wildman–Crippen MR) is 483 cm³/mol. The van der Waals surface area contributed by atoms with E-state index in [1.54, 1.807) is 27.7 Å². The van der Waals surface area contributed by atoms with Crippen molar-refractivity contribution in [2.45, 2.75) is 395 Å². The highest BCUT2D eigenvalue weighted by Gasteiger charge is 2.64. The molecule has 39 atom stereocenters. The summed E-state index contributed by atoms with van der Waals surface area (Å²) in [5.41, 5.74) is -0.180. The zero-order chi connectivity index (χ0) is 77.7. The second-order valence-electron chi connectivity index (χ2n) is 39.9. The third-order valence-corrected chi connectivity index (χ3v) is 35.4. The Labute approximate surface area is 738 Å². The molecule has 0 aromatic heterocycles. The topological polar surface area (TPSA) is 246 Å². The van der Waals surface area contributed by atoms with E-state index in [9.17, 15) is 43.2 Å². The van der Waals surface area contributed by atoms with Crippen molar-refractivity contribution in [1.82, 2.24) is 0 Å². The highest BCUT2D eigenvalue weighted by atomic mass is 16.8. The number of esters is 8. The van der Waals surface area contributed by atoms with Gasteiger partial charge >= 0.3 is 53.9 Å². The fourth-order valence-corrected chi connectivity index (χ4v) is 27.5. The van der Waals surface area contributed by atoms with Crippen molar-refractivity contribution in [3.63, 3.8) is 0 Å². The van der Waals surface area contributed by atoms with Gasteiger partial charge in [-0.3, -0.25) is 38.4 Å². The van der Waals surface area contributed by atoms with Crippen molar-refractivity contribution in [1.29, 1.82) is 0 Å². The summed E-state index contributed by atoms with van der Waals surface area (Å²) in [6, 6.07) is 0. The summed E-state index contributed by atoms with van der Waals surface area (Å²) in [6.07, 6.45) is 29.5. The minimum atomic E-state index is -0.832. The average Bonchev–Trinajstić information content (AvgIpc) is 1.56. The van der Waals surface area contributed by atoms with E-state index in [-0.39, 0.29) is 178 Å². The Morgan fingerprint density at radius 1 is 0.380 bits per heavy atom. The normalized spacial score (nSPS) is 44.2. The van der Waals surface area contributed by atoms with E-state index in [1.807, 2.05) is 0 Å². The lowest BCUT2D eigenvalue weighted by molar-refractivity contribution is -0.186. The molecule has 39 unspecified atom stereocenters. The zero-order valence-electron chi connectivity index (χ0n) is 68.7. The molecular formula is C102H184O19. The molecule has 13 aliphatic carbocycles. The molecule has 19 aliphatic rings. The summed E-state index contributed by atoms with van der Waals surface area (Å²) < 4.78 is 54.8. The summed E-state index contributed by atoms with van der Waals surface area (Å²) in [5.74, 6) is 14.6. The summed E-state index contributed by atoms with van der Waals surface area (Å²) in [7, 11) is 0. The molecule has 16 bridgehead atoms. The molecule has 6 saturated heterocycles. The fraction of sp³-hybridized carbons (Fsp3) is 0.912. The lowest BCUT2D eigenvalue weighted by Gasteiger charge is -2.43. The van der Waals surface area contributed by atoms with Crippen LogP contribution in [0.25, 0.3) is 0 Å². The number of fused-ring (bicyclic) bond motifs is 19. The second-order valence-corrected chi connectivity index (χ2v) is 39.9. The quantitative estimate of drug-likeness (QED) is 0.0679. The standard InChI is InChI=1S/C22H34O2.C20H30O6.C19H30O2.C17H26O3.2C6H8O3.12CH4/c1-4-22(11-15-10-20(22)17-7-5-6-16(15)17)24-21(23)19-9-14-8-18(19)13(3)12(14)2;1-10-11(2)16-7-13(10)8-17(16)19(24-12(3)21)26-20(22)23-9-14-6-15-4-5-18(14)25-15;1-4-19(10-13-5-6-15(19)7-13)21-18(20)17-9-14-8-16(17)12(3)11(14)2;1-9-10(2)14-6-11(9)7-15(14)17(18)19-8-12-5-13-3-4-16(12)20-13;2*1-3-4(2)6(8)9-5(3)7;;;;;;;;;;;;/h12-20H,4-11H2,1-3H3;10-11,13-19H,4-9H2,1-3H3;11-17H,4-10H2,1-3H3;9-16H,3-8H2,1-2H3;2*3-4H,1-2H3;12*1H4. The fourth-order valence-electron chi connectivity index (χ4n) is 27.5. The van der Waals surface area contributed by atoms with E-state index < -0.39 is 42.3 Å². The van der Waals surface area contributed by atoms with Crippen LogP contribution in [0.4, 0.5) is 4.79 Å². The van der Waals surface area contributed by atoms with Gasteiger partial charge in [-0.25, -0.2) is 4.79 Å². The van der Waals surface area contributed by atoms with E-state index in [0.29, 0.717) is 108 Å². The van der Waals surface area contributed by atoms with Gasteiger partial charge in [0.1, 0.15) is 17.8 Å². The third kappa shape index (κ3) is 21.9. The lowest BCUT2D eigenvalue weighted by atomic mass is 9.71. The summed E-state index contributed by atoms with van der Waals surface area (Å²) >= 11 is 0. The van der Waals surface area contributed by atoms with E-state index in [2.05, 4.69) is 78.7 Å². The Kier molecular flexibility index (Phi) is 42.1. The first-order valence-electron chi connectivity index (χ1n) is 44.3. The first kappa shape index (κ1) is 112. The molecule has 0 radical (unpaired) electrons. The van der Waals surface area contributed by atoms with Gasteiger partial charge < -0.3 is 47.4 Å². The van der Waals surface area contributed by atoms with Gasteiger partial charge in [-0.05, 0) is 278 Å². The molecule has 0 aromatic rings. The van der Waals surface area contributed by atoms with Gasteiger partial charge in [0, 0.05) is 30.6 Å². The molecule has 19 heteroatoms. The SMILES string of the molecule is C.C.C.C.C.C.C.C.C.C.C.C.CC(=O)OC(OC(=O)OCC1CC2CCC1O2)C1CC2CC1C(C)C2C.CC1C(=O)OC(=O)C1C.CC1C(=O)OC(=O)C1C.CC1C2CC(C(=O)OCC3CC4CCC3O4)C(C2)C1C.CCC1(OC(=O)C2CC3CC2C(C)C3C)CC2CC1C1CCCC21.CCC1(OC(=O)C2CC3CC2C(C)C3C)CC2CCC1C2. The number of hydrogen-bond donors (Lipinski definition) is 0. The molecule has 13 saturated carbocycles. The van der Waals surface area contributed by atoms with E-state index in [4.69, 9.17) is 37.9 Å².